The van der Waals surface area contributed by atoms with Gasteiger partial charge in [-0.15, -0.1) is 0 Å². The number of hydrogen-bond acceptors (Lipinski definition) is 4. The zero-order valence-corrected chi connectivity index (χ0v) is 23.7. The summed E-state index contributed by atoms with van der Waals surface area (Å²) in [5, 5.41) is 0. The maximum Gasteiger partial charge on any atom is 0.416 e. The molecule has 0 saturated carbocycles. The number of benzene rings is 2. The molecule has 232 valence electrons. The smallest absolute Gasteiger partial charge is 0.416 e. The lowest BCUT2D eigenvalue weighted by Crippen LogP contribution is -2.14. The molecule has 0 saturated heterocycles. The van der Waals surface area contributed by atoms with Gasteiger partial charge in [-0.1, -0.05) is 29.8 Å². The first kappa shape index (κ1) is 31.3. The summed E-state index contributed by atoms with van der Waals surface area (Å²) in [6.07, 6.45) is -2.38. The predicted molar refractivity (Wildman–Crippen MR) is 152 cm³/mol. The number of rotatable bonds is 5. The van der Waals surface area contributed by atoms with E-state index >= 15 is 0 Å². The highest BCUT2D eigenvalue weighted by Crippen LogP contribution is 2.41. The van der Waals surface area contributed by atoms with Gasteiger partial charge in [-0.25, -0.2) is 18.8 Å². The third-order valence-electron chi connectivity index (χ3n) is 7.51. The van der Waals surface area contributed by atoms with E-state index in [-0.39, 0.29) is 24.0 Å². The maximum absolute atomic E-state index is 14.6. The van der Waals surface area contributed by atoms with Crippen molar-refractivity contribution >= 4 is 23.3 Å². The van der Waals surface area contributed by atoms with Gasteiger partial charge in [0.25, 0.3) is 5.92 Å². The minimum absolute atomic E-state index is 0.00741. The molecule has 3 aliphatic rings. The lowest BCUT2D eigenvalue weighted by atomic mass is 9.90. The van der Waals surface area contributed by atoms with E-state index in [9.17, 15) is 35.1 Å². The summed E-state index contributed by atoms with van der Waals surface area (Å²) in [6.45, 7) is 2.57. The third kappa shape index (κ3) is 7.00. The Morgan fingerprint density at radius 1 is 0.886 bits per heavy atom. The van der Waals surface area contributed by atoms with Gasteiger partial charge in [0.15, 0.2) is 5.84 Å². The van der Waals surface area contributed by atoms with Crippen molar-refractivity contribution in [3.63, 3.8) is 0 Å². The summed E-state index contributed by atoms with van der Waals surface area (Å²) in [4.78, 5) is 13.5. The Balaban J connectivity index is 1.38. The van der Waals surface area contributed by atoms with E-state index in [0.717, 1.165) is 24.3 Å². The number of nitrogens with zero attached hydrogens (tertiary/aromatic N) is 3. The third-order valence-corrected chi connectivity index (χ3v) is 7.51. The molecule has 0 amide bonds. The standard InChI is InChI=1S/C32H27F8N3O/c1-18-12-13-44-23(16-25(18)24-11-10-21(32(38,39)40)14-26(24)30(2,33)34)15-22-4-3-5-27-28(17-41-22)43-29(42-27)19-6-8-20(9-7-19)31(35,36)37/h5-11,14,16-17,22H,3-4,12-13,15H2,1-2H3. The number of aliphatic imine (C=N–C) groups is 3. The fourth-order valence-electron chi connectivity index (χ4n) is 5.14. The molecule has 0 aromatic heterocycles. The molecule has 0 radical (unpaired) electrons. The number of alkyl halides is 8. The Morgan fingerprint density at radius 2 is 1.57 bits per heavy atom. The molecule has 4 nitrogen and oxygen atoms in total. The van der Waals surface area contributed by atoms with Crippen LogP contribution in [0.4, 0.5) is 35.1 Å². The van der Waals surface area contributed by atoms with E-state index in [1.807, 2.05) is 6.08 Å². The van der Waals surface area contributed by atoms with Gasteiger partial charge in [0, 0.05) is 37.1 Å². The first-order valence-electron chi connectivity index (χ1n) is 13.8. The molecular weight excluding hydrogens is 594 g/mol. The topological polar surface area (TPSA) is 46.3 Å². The van der Waals surface area contributed by atoms with Crippen LogP contribution >= 0.6 is 0 Å². The Morgan fingerprint density at radius 3 is 2.23 bits per heavy atom. The lowest BCUT2D eigenvalue weighted by molar-refractivity contribution is -0.138. The fraction of sp³-hybridized carbons (Fsp3) is 0.344. The predicted octanol–water partition coefficient (Wildman–Crippen LogP) is 9.32. The van der Waals surface area contributed by atoms with Crippen molar-refractivity contribution < 1.29 is 39.9 Å². The first-order valence-corrected chi connectivity index (χ1v) is 13.8. The van der Waals surface area contributed by atoms with Crippen molar-refractivity contribution in [3.05, 3.63) is 99.5 Å². The van der Waals surface area contributed by atoms with Gasteiger partial charge in [0.2, 0.25) is 0 Å². The van der Waals surface area contributed by atoms with Gasteiger partial charge in [0.05, 0.1) is 35.2 Å². The van der Waals surface area contributed by atoms with Crippen molar-refractivity contribution in [3.8, 4) is 0 Å². The Bertz CT molecular complexity index is 1620. The van der Waals surface area contributed by atoms with E-state index < -0.39 is 35.0 Å². The van der Waals surface area contributed by atoms with Crippen molar-refractivity contribution in [2.24, 2.45) is 15.0 Å². The number of ether oxygens (including phenoxy) is 1. The van der Waals surface area contributed by atoms with Crippen LogP contribution in [0.5, 0.6) is 0 Å². The number of amidine groups is 1. The van der Waals surface area contributed by atoms with Crippen LogP contribution in [0, 0.1) is 0 Å². The zero-order chi connectivity index (χ0) is 31.9. The summed E-state index contributed by atoms with van der Waals surface area (Å²) in [5.41, 5.74) is -0.113. The Hall–Kier alpha value is -4.09. The molecule has 2 aromatic rings. The van der Waals surface area contributed by atoms with E-state index in [1.54, 1.807) is 19.2 Å². The molecule has 2 aromatic carbocycles. The van der Waals surface area contributed by atoms with Crippen molar-refractivity contribution in [2.45, 2.75) is 63.8 Å². The second kappa shape index (κ2) is 11.8. The molecule has 0 fully saturated rings. The quantitative estimate of drug-likeness (QED) is 0.307. The molecule has 1 atom stereocenters. The molecule has 0 N–H and O–H groups in total. The minimum atomic E-state index is -4.77. The van der Waals surface area contributed by atoms with Crippen LogP contribution in [0.25, 0.3) is 5.57 Å². The van der Waals surface area contributed by atoms with E-state index in [2.05, 4.69) is 15.0 Å². The average molecular weight is 622 g/mol. The molecule has 3 aliphatic heterocycles. The fourth-order valence-corrected chi connectivity index (χ4v) is 5.14. The summed E-state index contributed by atoms with van der Waals surface area (Å²) in [5.74, 6) is -2.79. The van der Waals surface area contributed by atoms with E-state index in [1.165, 1.54) is 12.1 Å². The monoisotopic (exact) mass is 621 g/mol. The van der Waals surface area contributed by atoms with Gasteiger partial charge in [0.1, 0.15) is 5.71 Å². The van der Waals surface area contributed by atoms with E-state index in [4.69, 9.17) is 4.74 Å². The van der Waals surface area contributed by atoms with Crippen LogP contribution in [-0.2, 0) is 23.0 Å². The summed E-state index contributed by atoms with van der Waals surface area (Å²) in [6, 6.07) is 6.65. The average Bonchev–Trinajstić information content (AvgIpc) is 3.23. The molecule has 3 heterocycles. The highest BCUT2D eigenvalue weighted by atomic mass is 19.4. The lowest BCUT2D eigenvalue weighted by Gasteiger charge is -2.20. The van der Waals surface area contributed by atoms with Gasteiger partial charge in [-0.3, -0.25) is 4.99 Å². The second-order valence-electron chi connectivity index (χ2n) is 10.9. The SMILES string of the molecule is CC1=C(c2ccc(C(F)(F)F)cc2C(C)(F)F)C=C(CC2CCC=C3N=C(c4ccc(C(F)(F)F)cc4)N=C3C=N2)OCC1. The van der Waals surface area contributed by atoms with Gasteiger partial charge < -0.3 is 4.74 Å². The van der Waals surface area contributed by atoms with Crippen LogP contribution in [-0.4, -0.2) is 30.4 Å². The first-order chi connectivity index (χ1) is 20.6. The zero-order valence-electron chi connectivity index (χ0n) is 23.7. The van der Waals surface area contributed by atoms with Gasteiger partial charge >= 0.3 is 12.4 Å². The summed E-state index contributed by atoms with van der Waals surface area (Å²) < 4.78 is 114. The molecular formula is C32H27F8N3O. The normalized spacial score (nSPS) is 19.6. The van der Waals surface area contributed by atoms with Crippen LogP contribution in [0.3, 0.4) is 0 Å². The van der Waals surface area contributed by atoms with Gasteiger partial charge in [-0.05, 0) is 61.2 Å². The molecule has 5 rings (SSSR count). The highest BCUT2D eigenvalue weighted by molar-refractivity contribution is 6.43. The number of allylic oxidation sites excluding steroid dienone is 4. The van der Waals surface area contributed by atoms with Crippen LogP contribution in [0.2, 0.25) is 0 Å². The van der Waals surface area contributed by atoms with Crippen molar-refractivity contribution in [1.82, 2.24) is 0 Å². The molecule has 0 aliphatic carbocycles. The maximum atomic E-state index is 14.6. The number of halogens is 8. The highest BCUT2D eigenvalue weighted by Gasteiger charge is 2.36. The summed E-state index contributed by atoms with van der Waals surface area (Å²) in [7, 11) is 0. The van der Waals surface area contributed by atoms with E-state index in [0.29, 0.717) is 72.6 Å². The minimum Gasteiger partial charge on any atom is -0.498 e. The van der Waals surface area contributed by atoms with Crippen molar-refractivity contribution in [1.29, 1.82) is 0 Å². The Labute approximate surface area is 248 Å². The Kier molecular flexibility index (Phi) is 8.39. The molecule has 1 unspecified atom stereocenters. The number of fused-ring (bicyclic) bond motifs is 1. The van der Waals surface area contributed by atoms with Crippen molar-refractivity contribution in [2.75, 3.05) is 6.61 Å². The second-order valence-corrected chi connectivity index (χ2v) is 10.9. The molecule has 44 heavy (non-hydrogen) atoms. The van der Waals surface area contributed by atoms with Crippen LogP contribution in [0.1, 0.15) is 67.3 Å². The van der Waals surface area contributed by atoms with Crippen LogP contribution < -0.4 is 0 Å². The molecule has 12 heteroatoms. The number of hydrogen-bond donors (Lipinski definition) is 0. The van der Waals surface area contributed by atoms with Crippen LogP contribution in [0.15, 0.2) is 86.6 Å². The molecule has 0 bridgehead atoms. The molecule has 0 spiro atoms. The van der Waals surface area contributed by atoms with Gasteiger partial charge in [-0.2, -0.15) is 26.3 Å². The largest absolute Gasteiger partial charge is 0.498 e. The summed E-state index contributed by atoms with van der Waals surface area (Å²) >= 11 is 0.